The molecular weight excluding hydrogens is 335 g/mol. The second kappa shape index (κ2) is 6.15. The van der Waals surface area contributed by atoms with Crippen LogP contribution >= 0.6 is 11.8 Å². The zero-order valence-electron chi connectivity index (χ0n) is 12.1. The number of para-hydroxylation sites is 1. The molecule has 0 saturated carbocycles. The minimum Gasteiger partial charge on any atom is -0.419 e. The van der Waals surface area contributed by atoms with E-state index in [0.717, 1.165) is 6.20 Å². The molecule has 0 aliphatic carbocycles. The highest BCUT2D eigenvalue weighted by atomic mass is 32.2. The van der Waals surface area contributed by atoms with Crippen LogP contribution < -0.4 is 5.32 Å². The Balaban J connectivity index is 2.20. The number of hydrogen-bond donors (Lipinski definition) is 1. The first-order chi connectivity index (χ1) is 10.6. The molecule has 0 spiro atoms. The highest BCUT2D eigenvalue weighted by Crippen LogP contribution is 2.40. The van der Waals surface area contributed by atoms with Crippen LogP contribution in [0.2, 0.25) is 0 Å². The second-order valence-corrected chi connectivity index (χ2v) is 6.03. The summed E-state index contributed by atoms with van der Waals surface area (Å²) >= 11 is -0.309. The molecule has 0 amide bonds. The first kappa shape index (κ1) is 17.2. The molecule has 0 aromatic heterocycles. The molecule has 1 heterocycles. The molecular formula is C14H12F3NO4S. The summed E-state index contributed by atoms with van der Waals surface area (Å²) in [5, 5.41) is 2.51. The van der Waals surface area contributed by atoms with Crippen molar-refractivity contribution in [1.82, 2.24) is 0 Å². The van der Waals surface area contributed by atoms with E-state index in [-0.39, 0.29) is 22.3 Å². The van der Waals surface area contributed by atoms with E-state index in [4.69, 9.17) is 9.47 Å². The number of cyclic esters (lactones) is 2. The lowest BCUT2D eigenvalue weighted by molar-refractivity contribution is -0.222. The summed E-state index contributed by atoms with van der Waals surface area (Å²) in [6.45, 7) is 2.78. The van der Waals surface area contributed by atoms with Gasteiger partial charge >= 0.3 is 17.4 Å². The van der Waals surface area contributed by atoms with Gasteiger partial charge in [0.05, 0.1) is 5.69 Å². The lowest BCUT2D eigenvalue weighted by Gasteiger charge is -2.29. The number of ether oxygens (including phenoxy) is 2. The summed E-state index contributed by atoms with van der Waals surface area (Å²) in [5.74, 6) is -3.21. The number of alkyl halides is 3. The predicted octanol–water partition coefficient (Wildman–Crippen LogP) is 3.43. The van der Waals surface area contributed by atoms with Gasteiger partial charge in [-0.05, 0) is 23.9 Å². The lowest BCUT2D eigenvalue weighted by Crippen LogP contribution is -2.42. The van der Waals surface area contributed by atoms with Gasteiger partial charge in [0.2, 0.25) is 0 Å². The van der Waals surface area contributed by atoms with E-state index in [1.54, 1.807) is 0 Å². The molecule has 9 heteroatoms. The van der Waals surface area contributed by atoms with E-state index in [1.807, 2.05) is 0 Å². The maximum atomic E-state index is 12.5. The van der Waals surface area contributed by atoms with Crippen LogP contribution in [-0.2, 0) is 19.1 Å². The van der Waals surface area contributed by atoms with Gasteiger partial charge in [-0.25, -0.2) is 9.59 Å². The van der Waals surface area contributed by atoms with E-state index in [2.05, 4.69) is 5.32 Å². The molecule has 1 N–H and O–H groups in total. The Morgan fingerprint density at radius 3 is 2.26 bits per heavy atom. The molecule has 2 rings (SSSR count). The number of carbonyl (C=O) groups is 2. The van der Waals surface area contributed by atoms with E-state index < -0.39 is 28.8 Å². The topological polar surface area (TPSA) is 64.6 Å². The summed E-state index contributed by atoms with van der Waals surface area (Å²) in [6, 6.07) is 5.61. The van der Waals surface area contributed by atoms with Crippen LogP contribution in [0.3, 0.4) is 0 Å². The number of hydrogen-bond acceptors (Lipinski definition) is 6. The summed E-state index contributed by atoms with van der Waals surface area (Å²) < 4.78 is 47.3. The van der Waals surface area contributed by atoms with Crippen LogP contribution in [0.15, 0.2) is 40.9 Å². The minimum absolute atomic E-state index is 0.0905. The van der Waals surface area contributed by atoms with Crippen LogP contribution in [-0.4, -0.2) is 23.2 Å². The van der Waals surface area contributed by atoms with Crippen molar-refractivity contribution in [2.75, 3.05) is 5.32 Å². The number of rotatable bonds is 3. The van der Waals surface area contributed by atoms with Gasteiger partial charge in [-0.15, -0.1) is 0 Å². The zero-order chi connectivity index (χ0) is 17.3. The summed E-state index contributed by atoms with van der Waals surface area (Å²) in [4.78, 5) is 23.4. The summed E-state index contributed by atoms with van der Waals surface area (Å²) in [6.07, 6.45) is 0.968. The van der Waals surface area contributed by atoms with Gasteiger partial charge in [-0.3, -0.25) is 0 Å². The van der Waals surface area contributed by atoms with Gasteiger partial charge < -0.3 is 14.8 Å². The number of anilines is 1. The number of thioether (sulfide) groups is 1. The molecule has 1 saturated heterocycles. The highest BCUT2D eigenvalue weighted by Gasteiger charge is 2.39. The minimum atomic E-state index is -4.46. The monoisotopic (exact) mass is 347 g/mol. The van der Waals surface area contributed by atoms with Gasteiger partial charge in [0, 0.05) is 24.9 Å². The number of carbonyl (C=O) groups excluding carboxylic acids is 2. The van der Waals surface area contributed by atoms with Crippen LogP contribution in [0.4, 0.5) is 18.9 Å². The van der Waals surface area contributed by atoms with Gasteiger partial charge in [-0.2, -0.15) is 13.2 Å². The number of nitrogens with one attached hydrogen (secondary N) is 1. The van der Waals surface area contributed by atoms with Crippen molar-refractivity contribution >= 4 is 29.4 Å². The Bertz CT molecular complexity index is 648. The van der Waals surface area contributed by atoms with Crippen molar-refractivity contribution in [3.63, 3.8) is 0 Å². The molecule has 1 fully saturated rings. The quantitative estimate of drug-likeness (QED) is 0.391. The fourth-order valence-corrected chi connectivity index (χ4v) is 2.36. The Hall–Kier alpha value is -2.16. The summed E-state index contributed by atoms with van der Waals surface area (Å²) in [5.41, 5.74) is -4.80. The van der Waals surface area contributed by atoms with E-state index in [1.165, 1.54) is 38.1 Å². The van der Waals surface area contributed by atoms with Gasteiger partial charge in [0.1, 0.15) is 0 Å². The largest absolute Gasteiger partial charge is 0.446 e. The van der Waals surface area contributed by atoms with Crippen LogP contribution in [0.25, 0.3) is 0 Å². The van der Waals surface area contributed by atoms with Crippen LogP contribution in [0, 0.1) is 0 Å². The lowest BCUT2D eigenvalue weighted by atomic mass is 10.2. The molecule has 1 aliphatic heterocycles. The van der Waals surface area contributed by atoms with Crippen LogP contribution in [0.1, 0.15) is 13.8 Å². The third-order valence-corrected chi connectivity index (χ3v) is 3.41. The third-order valence-electron chi connectivity index (χ3n) is 2.60. The average Bonchev–Trinajstić information content (AvgIpc) is 2.36. The van der Waals surface area contributed by atoms with Gasteiger partial charge in [0.25, 0.3) is 5.79 Å². The standard InChI is InChI=1S/C14H12F3NO4S/c1-13(2)21-11(19)8(12(20)22-13)7-18-9-5-3-4-6-10(9)23-14(15,16)17/h3-7,18H,1-2H3. The molecule has 1 aromatic rings. The highest BCUT2D eigenvalue weighted by molar-refractivity contribution is 8.00. The van der Waals surface area contributed by atoms with E-state index in [9.17, 15) is 22.8 Å². The molecule has 1 aromatic carbocycles. The molecule has 5 nitrogen and oxygen atoms in total. The Morgan fingerprint density at radius 1 is 1.13 bits per heavy atom. The molecule has 0 bridgehead atoms. The number of halogens is 3. The molecule has 0 radical (unpaired) electrons. The number of esters is 2. The Labute approximate surface area is 133 Å². The zero-order valence-corrected chi connectivity index (χ0v) is 12.9. The average molecular weight is 347 g/mol. The molecule has 23 heavy (non-hydrogen) atoms. The van der Waals surface area contributed by atoms with Crippen LogP contribution in [0.5, 0.6) is 0 Å². The Morgan fingerprint density at radius 2 is 1.70 bits per heavy atom. The van der Waals surface area contributed by atoms with Gasteiger partial charge in [0.15, 0.2) is 5.57 Å². The molecule has 0 unspecified atom stereocenters. The van der Waals surface area contributed by atoms with Crippen molar-refractivity contribution in [2.45, 2.75) is 30.0 Å². The smallest absolute Gasteiger partial charge is 0.419 e. The van der Waals surface area contributed by atoms with E-state index >= 15 is 0 Å². The molecule has 0 atom stereocenters. The fourth-order valence-electron chi connectivity index (χ4n) is 1.73. The SMILES string of the molecule is CC1(C)OC(=O)C(=CNc2ccccc2SC(F)(F)F)C(=O)O1. The van der Waals surface area contributed by atoms with Crippen molar-refractivity contribution in [2.24, 2.45) is 0 Å². The first-order valence-corrected chi connectivity index (χ1v) is 7.17. The normalized spacial score (nSPS) is 17.3. The third kappa shape index (κ3) is 4.65. The first-order valence-electron chi connectivity index (χ1n) is 6.35. The van der Waals surface area contributed by atoms with Crippen molar-refractivity contribution in [1.29, 1.82) is 0 Å². The van der Waals surface area contributed by atoms with Crippen molar-refractivity contribution < 1.29 is 32.2 Å². The summed E-state index contributed by atoms with van der Waals surface area (Å²) in [7, 11) is 0. The molecule has 124 valence electrons. The second-order valence-electron chi connectivity index (χ2n) is 4.93. The van der Waals surface area contributed by atoms with E-state index in [0.29, 0.717) is 0 Å². The Kier molecular flexibility index (Phi) is 4.60. The maximum Gasteiger partial charge on any atom is 0.446 e. The van der Waals surface area contributed by atoms with Crippen molar-refractivity contribution in [3.8, 4) is 0 Å². The van der Waals surface area contributed by atoms with Crippen molar-refractivity contribution in [3.05, 3.63) is 36.0 Å². The fraction of sp³-hybridized carbons (Fsp3) is 0.286. The molecule has 1 aliphatic rings. The van der Waals surface area contributed by atoms with Gasteiger partial charge in [-0.1, -0.05) is 12.1 Å². The number of benzene rings is 1. The predicted molar refractivity (Wildman–Crippen MR) is 76.3 cm³/mol. The maximum absolute atomic E-state index is 12.5.